The summed E-state index contributed by atoms with van der Waals surface area (Å²) in [6.07, 6.45) is 4.43. The summed E-state index contributed by atoms with van der Waals surface area (Å²) in [5, 5.41) is 9.72. The Hall–Kier alpha value is -1.89. The Morgan fingerprint density at radius 3 is 3.00 bits per heavy atom. The predicted octanol–water partition coefficient (Wildman–Crippen LogP) is 1.58. The normalized spacial score (nSPS) is 21.6. The molecule has 1 saturated heterocycles. The second kappa shape index (κ2) is 7.40. The van der Waals surface area contributed by atoms with Crippen molar-refractivity contribution >= 4 is 11.9 Å². The summed E-state index contributed by atoms with van der Waals surface area (Å²) in [5.74, 6) is 0.253. The highest BCUT2D eigenvalue weighted by Gasteiger charge is 2.42. The van der Waals surface area contributed by atoms with Crippen molar-refractivity contribution in [3.05, 3.63) is 12.3 Å². The van der Waals surface area contributed by atoms with Gasteiger partial charge in [0.05, 0.1) is 12.5 Å². The number of methoxy groups -OCH3 is 2. The lowest BCUT2D eigenvalue weighted by atomic mass is 9.76. The maximum atomic E-state index is 11.8. The number of anilines is 1. The molecule has 2 heterocycles. The molecule has 1 aromatic heterocycles. The van der Waals surface area contributed by atoms with Gasteiger partial charge in [-0.15, -0.1) is 0 Å². The molecule has 0 unspecified atom stereocenters. The Labute approximate surface area is 130 Å². The lowest BCUT2D eigenvalue weighted by molar-refractivity contribution is -0.150. The number of hydrogen-bond donors (Lipinski definition) is 1. The molecule has 1 aliphatic heterocycles. The van der Waals surface area contributed by atoms with E-state index in [-0.39, 0.29) is 0 Å². The minimum atomic E-state index is -0.761. The predicted molar refractivity (Wildman–Crippen MR) is 81.2 cm³/mol. The summed E-state index contributed by atoms with van der Waals surface area (Å²) < 4.78 is 10.2. The number of aliphatic carboxylic acids is 1. The summed E-state index contributed by atoms with van der Waals surface area (Å²) in [6, 6.07) is 1.68. The van der Waals surface area contributed by atoms with Crippen LogP contribution in [0.25, 0.3) is 0 Å². The first-order valence-electron chi connectivity index (χ1n) is 7.45. The van der Waals surface area contributed by atoms with Crippen LogP contribution in [0.1, 0.15) is 25.7 Å². The maximum absolute atomic E-state index is 11.8. The Morgan fingerprint density at radius 2 is 2.32 bits per heavy atom. The molecule has 1 fully saturated rings. The summed E-state index contributed by atoms with van der Waals surface area (Å²) in [5.41, 5.74) is -0.761. The molecule has 0 amide bonds. The van der Waals surface area contributed by atoms with E-state index in [1.54, 1.807) is 26.5 Å². The van der Waals surface area contributed by atoms with Gasteiger partial charge in [0.2, 0.25) is 11.8 Å². The highest BCUT2D eigenvalue weighted by Crippen LogP contribution is 2.36. The first-order valence-corrected chi connectivity index (χ1v) is 7.45. The van der Waals surface area contributed by atoms with Gasteiger partial charge in [-0.05, 0) is 25.7 Å². The van der Waals surface area contributed by atoms with Crippen molar-refractivity contribution in [3.63, 3.8) is 0 Å². The Morgan fingerprint density at radius 1 is 1.50 bits per heavy atom. The topological polar surface area (TPSA) is 84.8 Å². The third-order valence-electron chi connectivity index (χ3n) is 4.14. The van der Waals surface area contributed by atoms with E-state index in [0.29, 0.717) is 37.8 Å². The summed E-state index contributed by atoms with van der Waals surface area (Å²) in [7, 11) is 3.18. The van der Waals surface area contributed by atoms with Gasteiger partial charge in [-0.1, -0.05) is 0 Å². The average Bonchev–Trinajstić information content (AvgIpc) is 2.55. The monoisotopic (exact) mass is 309 g/mol. The molecule has 0 aliphatic carbocycles. The Balaban J connectivity index is 2.15. The second-order valence-corrected chi connectivity index (χ2v) is 5.61. The molecule has 0 spiro atoms. The van der Waals surface area contributed by atoms with Crippen molar-refractivity contribution in [2.24, 2.45) is 5.41 Å². The fraction of sp³-hybridized carbons (Fsp3) is 0.667. The number of carboxylic acid groups (broad SMARTS) is 1. The molecular weight excluding hydrogens is 286 g/mol. The van der Waals surface area contributed by atoms with Gasteiger partial charge in [-0.25, -0.2) is 4.98 Å². The van der Waals surface area contributed by atoms with E-state index in [1.807, 2.05) is 4.90 Å². The van der Waals surface area contributed by atoms with E-state index in [4.69, 9.17) is 9.47 Å². The SMILES string of the molecule is COCCC[C@@]1(C(=O)O)CCCN(c2nccc(OC)n2)C1. The molecule has 22 heavy (non-hydrogen) atoms. The van der Waals surface area contributed by atoms with Crippen molar-refractivity contribution in [1.82, 2.24) is 9.97 Å². The standard InChI is InChI=1S/C15H23N3O4/c1-21-10-4-7-15(13(19)20)6-3-9-18(11-15)14-16-8-5-12(17-14)22-2/h5,8H,3-4,6-7,9-11H2,1-2H3,(H,19,20)/t15-/m0/s1. The van der Waals surface area contributed by atoms with E-state index >= 15 is 0 Å². The van der Waals surface area contributed by atoms with E-state index in [1.165, 1.54) is 0 Å². The van der Waals surface area contributed by atoms with E-state index in [0.717, 1.165) is 19.4 Å². The third-order valence-corrected chi connectivity index (χ3v) is 4.14. The number of rotatable bonds is 7. The van der Waals surface area contributed by atoms with E-state index < -0.39 is 11.4 Å². The molecule has 0 bridgehead atoms. The zero-order valence-electron chi connectivity index (χ0n) is 13.1. The molecule has 0 radical (unpaired) electrons. The van der Waals surface area contributed by atoms with Crippen molar-refractivity contribution in [2.45, 2.75) is 25.7 Å². The molecule has 7 heteroatoms. The summed E-state index contributed by atoms with van der Waals surface area (Å²) in [6.45, 7) is 1.75. The summed E-state index contributed by atoms with van der Waals surface area (Å²) in [4.78, 5) is 22.3. The van der Waals surface area contributed by atoms with E-state index in [2.05, 4.69) is 9.97 Å². The molecule has 122 valence electrons. The van der Waals surface area contributed by atoms with Gasteiger partial charge in [0.15, 0.2) is 0 Å². The maximum Gasteiger partial charge on any atom is 0.311 e. The van der Waals surface area contributed by atoms with Gasteiger partial charge < -0.3 is 19.5 Å². The van der Waals surface area contributed by atoms with Crippen LogP contribution in [0, 0.1) is 5.41 Å². The molecule has 1 aromatic rings. The fourth-order valence-electron chi connectivity index (χ4n) is 2.94. The highest BCUT2D eigenvalue weighted by atomic mass is 16.5. The molecular formula is C15H23N3O4. The van der Waals surface area contributed by atoms with Crippen LogP contribution in [-0.4, -0.2) is 55.0 Å². The number of aromatic nitrogens is 2. The first kappa shape index (κ1) is 16.5. The van der Waals surface area contributed by atoms with Crippen molar-refractivity contribution < 1.29 is 19.4 Å². The largest absolute Gasteiger partial charge is 0.481 e. The number of nitrogens with zero attached hydrogens (tertiary/aromatic N) is 3. The highest BCUT2D eigenvalue weighted by molar-refractivity contribution is 5.75. The van der Waals surface area contributed by atoms with Gasteiger partial charge in [-0.2, -0.15) is 4.98 Å². The molecule has 0 aromatic carbocycles. The molecule has 1 atom stereocenters. The van der Waals surface area contributed by atoms with Crippen molar-refractivity contribution in [3.8, 4) is 5.88 Å². The smallest absolute Gasteiger partial charge is 0.311 e. The second-order valence-electron chi connectivity index (χ2n) is 5.61. The van der Waals surface area contributed by atoms with Crippen LogP contribution in [0.2, 0.25) is 0 Å². The van der Waals surface area contributed by atoms with Gasteiger partial charge in [0, 0.05) is 39.1 Å². The van der Waals surface area contributed by atoms with Crippen LogP contribution in [0.3, 0.4) is 0 Å². The number of hydrogen-bond acceptors (Lipinski definition) is 6. The quantitative estimate of drug-likeness (QED) is 0.765. The minimum Gasteiger partial charge on any atom is -0.481 e. The van der Waals surface area contributed by atoms with Gasteiger partial charge >= 0.3 is 5.97 Å². The van der Waals surface area contributed by atoms with Crippen LogP contribution >= 0.6 is 0 Å². The zero-order valence-corrected chi connectivity index (χ0v) is 13.1. The van der Waals surface area contributed by atoms with Gasteiger partial charge in [0.25, 0.3) is 0 Å². The lowest BCUT2D eigenvalue weighted by Gasteiger charge is -2.40. The van der Waals surface area contributed by atoms with Crippen LogP contribution in [0.4, 0.5) is 5.95 Å². The number of piperidine rings is 1. The van der Waals surface area contributed by atoms with Crippen LogP contribution < -0.4 is 9.64 Å². The fourth-order valence-corrected chi connectivity index (χ4v) is 2.94. The molecule has 7 nitrogen and oxygen atoms in total. The van der Waals surface area contributed by atoms with Crippen molar-refractivity contribution in [2.75, 3.05) is 38.8 Å². The average molecular weight is 309 g/mol. The zero-order chi connectivity index (χ0) is 16.0. The van der Waals surface area contributed by atoms with Gasteiger partial charge in [0.1, 0.15) is 0 Å². The first-order chi connectivity index (χ1) is 10.6. The third kappa shape index (κ3) is 3.65. The van der Waals surface area contributed by atoms with Crippen LogP contribution in [0.15, 0.2) is 12.3 Å². The molecule has 1 N–H and O–H groups in total. The molecule has 2 rings (SSSR count). The van der Waals surface area contributed by atoms with E-state index in [9.17, 15) is 9.90 Å². The van der Waals surface area contributed by atoms with Crippen LogP contribution in [0.5, 0.6) is 5.88 Å². The molecule has 0 saturated carbocycles. The number of ether oxygens (including phenoxy) is 2. The minimum absolute atomic E-state index is 0.416. The van der Waals surface area contributed by atoms with Crippen molar-refractivity contribution in [1.29, 1.82) is 0 Å². The molecule has 1 aliphatic rings. The lowest BCUT2D eigenvalue weighted by Crippen LogP contribution is -2.48. The van der Waals surface area contributed by atoms with Crippen LogP contribution in [-0.2, 0) is 9.53 Å². The summed E-state index contributed by atoms with van der Waals surface area (Å²) >= 11 is 0. The Kier molecular flexibility index (Phi) is 5.54. The number of carboxylic acids is 1. The van der Waals surface area contributed by atoms with Gasteiger partial charge in [-0.3, -0.25) is 4.79 Å². The number of carbonyl (C=O) groups is 1. The Bertz CT molecular complexity index is 511.